The minimum absolute atomic E-state index is 0.0822. The Morgan fingerprint density at radius 3 is 2.91 bits per heavy atom. The molecule has 0 bridgehead atoms. The molecule has 0 radical (unpaired) electrons. The number of hydrogen-bond donors (Lipinski definition) is 0. The van der Waals surface area contributed by atoms with Crippen LogP contribution in [0.15, 0.2) is 36.7 Å². The average molecular weight is 298 g/mol. The maximum Gasteiger partial charge on any atom is 0.189 e. The number of nitrogens with zero attached hydrogens (tertiary/aromatic N) is 2. The van der Waals surface area contributed by atoms with Crippen LogP contribution in [-0.2, 0) is 0 Å². The Kier molecular flexibility index (Phi) is 3.96. The van der Waals surface area contributed by atoms with Gasteiger partial charge in [0.25, 0.3) is 0 Å². The summed E-state index contributed by atoms with van der Waals surface area (Å²) in [5, 5.41) is 4.18. The van der Waals surface area contributed by atoms with E-state index in [-0.39, 0.29) is 11.8 Å². The molecule has 3 rings (SSSR count). The molecule has 22 heavy (non-hydrogen) atoms. The molecule has 114 valence electrons. The van der Waals surface area contributed by atoms with Gasteiger partial charge in [-0.2, -0.15) is 5.10 Å². The number of carbonyl (C=O) groups is 1. The first-order chi connectivity index (χ1) is 10.6. The largest absolute Gasteiger partial charge is 0.486 e. The van der Waals surface area contributed by atoms with E-state index in [1.165, 1.54) is 6.08 Å². The Morgan fingerprint density at radius 1 is 1.32 bits per heavy atom. The van der Waals surface area contributed by atoms with Crippen LogP contribution in [0.1, 0.15) is 35.8 Å². The first-order valence-electron chi connectivity index (χ1n) is 7.30. The molecule has 0 aliphatic carbocycles. The summed E-state index contributed by atoms with van der Waals surface area (Å²) in [4.78, 5) is 12.2. The van der Waals surface area contributed by atoms with Gasteiger partial charge in [0.2, 0.25) is 0 Å². The van der Waals surface area contributed by atoms with Crippen LogP contribution in [0.25, 0.3) is 6.08 Å². The monoisotopic (exact) mass is 298 g/mol. The highest BCUT2D eigenvalue weighted by Crippen LogP contribution is 2.34. The number of carbonyl (C=O) groups excluding carboxylic acids is 1. The summed E-state index contributed by atoms with van der Waals surface area (Å²) in [6.45, 7) is 5.11. The molecular weight excluding hydrogens is 280 g/mol. The summed E-state index contributed by atoms with van der Waals surface area (Å²) < 4.78 is 12.9. The smallest absolute Gasteiger partial charge is 0.189 e. The maximum absolute atomic E-state index is 12.2. The summed E-state index contributed by atoms with van der Waals surface area (Å²) in [7, 11) is 0. The lowest BCUT2D eigenvalue weighted by Gasteiger charge is -2.19. The number of hydrogen-bond acceptors (Lipinski definition) is 4. The fraction of sp³-hybridized carbons (Fsp3) is 0.294. The lowest BCUT2D eigenvalue weighted by atomic mass is 10.1. The van der Waals surface area contributed by atoms with Gasteiger partial charge >= 0.3 is 0 Å². The van der Waals surface area contributed by atoms with Gasteiger partial charge in [-0.1, -0.05) is 12.1 Å². The van der Waals surface area contributed by atoms with Gasteiger partial charge < -0.3 is 9.47 Å². The molecule has 0 saturated heterocycles. The van der Waals surface area contributed by atoms with Crippen molar-refractivity contribution in [2.75, 3.05) is 13.2 Å². The molecule has 5 nitrogen and oxygen atoms in total. The molecule has 2 aromatic rings. The molecule has 0 unspecified atom stereocenters. The van der Waals surface area contributed by atoms with Gasteiger partial charge in [-0.25, -0.2) is 0 Å². The molecule has 0 N–H and O–H groups in total. The second kappa shape index (κ2) is 6.05. The maximum atomic E-state index is 12.2. The van der Waals surface area contributed by atoms with Gasteiger partial charge in [-0.3, -0.25) is 9.48 Å². The number of benzene rings is 1. The molecule has 0 atom stereocenters. The van der Waals surface area contributed by atoms with Crippen molar-refractivity contribution in [3.63, 3.8) is 0 Å². The molecular formula is C17H18N2O3. The second-order valence-corrected chi connectivity index (χ2v) is 5.37. The molecule has 0 amide bonds. The molecule has 1 aliphatic heterocycles. The Balaban J connectivity index is 1.80. The summed E-state index contributed by atoms with van der Waals surface area (Å²) >= 11 is 0. The molecule has 5 heteroatoms. The van der Waals surface area contributed by atoms with Gasteiger partial charge in [0, 0.05) is 17.8 Å². The van der Waals surface area contributed by atoms with Crippen molar-refractivity contribution in [2.24, 2.45) is 0 Å². The van der Waals surface area contributed by atoms with Crippen molar-refractivity contribution in [1.29, 1.82) is 0 Å². The number of para-hydroxylation sites is 1. The van der Waals surface area contributed by atoms with Crippen LogP contribution in [0, 0.1) is 0 Å². The number of ketones is 1. The zero-order valence-corrected chi connectivity index (χ0v) is 12.7. The molecule has 0 fully saturated rings. The fourth-order valence-electron chi connectivity index (χ4n) is 2.24. The van der Waals surface area contributed by atoms with E-state index in [0.717, 1.165) is 5.56 Å². The third-order valence-electron chi connectivity index (χ3n) is 3.43. The molecule has 2 heterocycles. The van der Waals surface area contributed by atoms with E-state index in [1.807, 2.05) is 32.0 Å². The van der Waals surface area contributed by atoms with Crippen molar-refractivity contribution in [1.82, 2.24) is 9.78 Å². The summed E-state index contributed by atoms with van der Waals surface area (Å²) in [6, 6.07) is 5.88. The van der Waals surface area contributed by atoms with Crippen LogP contribution in [0.5, 0.6) is 11.5 Å². The van der Waals surface area contributed by atoms with Gasteiger partial charge in [-0.05, 0) is 32.1 Å². The third-order valence-corrected chi connectivity index (χ3v) is 3.43. The van der Waals surface area contributed by atoms with Gasteiger partial charge in [-0.15, -0.1) is 0 Å². The lowest BCUT2D eigenvalue weighted by molar-refractivity contribution is 0.104. The quantitative estimate of drug-likeness (QED) is 0.643. The van der Waals surface area contributed by atoms with Crippen molar-refractivity contribution in [3.05, 3.63) is 47.8 Å². The summed E-state index contributed by atoms with van der Waals surface area (Å²) in [6.07, 6.45) is 6.64. The highest BCUT2D eigenvalue weighted by atomic mass is 16.6. The van der Waals surface area contributed by atoms with E-state index >= 15 is 0 Å². The number of fused-ring (bicyclic) bond motifs is 1. The first-order valence-corrected chi connectivity index (χ1v) is 7.30. The standard InChI is InChI=1S/C17H18N2O3/c1-12(2)19-11-14(10-18-19)15(20)7-6-13-4-3-5-16-17(13)22-9-8-21-16/h3-7,10-12H,8-9H2,1-2H3/b7-6-. The van der Waals surface area contributed by atoms with E-state index in [2.05, 4.69) is 5.10 Å². The number of rotatable bonds is 4. The van der Waals surface area contributed by atoms with Crippen LogP contribution in [0.4, 0.5) is 0 Å². The van der Waals surface area contributed by atoms with E-state index in [9.17, 15) is 4.79 Å². The van der Waals surface area contributed by atoms with E-state index in [1.54, 1.807) is 23.2 Å². The first kappa shape index (κ1) is 14.4. The van der Waals surface area contributed by atoms with E-state index < -0.39 is 0 Å². The van der Waals surface area contributed by atoms with Crippen molar-refractivity contribution < 1.29 is 14.3 Å². The Morgan fingerprint density at radius 2 is 2.14 bits per heavy atom. The van der Waals surface area contributed by atoms with Gasteiger partial charge in [0.05, 0.1) is 11.8 Å². The van der Waals surface area contributed by atoms with Gasteiger partial charge in [0.1, 0.15) is 13.2 Å². The van der Waals surface area contributed by atoms with Crippen molar-refractivity contribution >= 4 is 11.9 Å². The normalized spacial score (nSPS) is 13.8. The van der Waals surface area contributed by atoms with Crippen LogP contribution >= 0.6 is 0 Å². The highest BCUT2D eigenvalue weighted by Gasteiger charge is 2.14. The zero-order chi connectivity index (χ0) is 15.5. The molecule has 1 aromatic heterocycles. The predicted octanol–water partition coefficient (Wildman–Crippen LogP) is 3.13. The van der Waals surface area contributed by atoms with Crippen LogP contribution < -0.4 is 9.47 Å². The Labute approximate surface area is 129 Å². The Hall–Kier alpha value is -2.56. The lowest BCUT2D eigenvalue weighted by Crippen LogP contribution is -2.15. The summed E-state index contributed by atoms with van der Waals surface area (Å²) in [5.41, 5.74) is 1.41. The topological polar surface area (TPSA) is 53.4 Å². The average Bonchev–Trinajstić information content (AvgIpc) is 3.03. The third kappa shape index (κ3) is 2.88. The number of allylic oxidation sites excluding steroid dienone is 1. The van der Waals surface area contributed by atoms with Crippen molar-refractivity contribution in [3.8, 4) is 11.5 Å². The predicted molar refractivity (Wildman–Crippen MR) is 83.4 cm³/mol. The Bertz CT molecular complexity index is 716. The number of ether oxygens (including phenoxy) is 2. The van der Waals surface area contributed by atoms with Crippen LogP contribution in [-0.4, -0.2) is 28.8 Å². The number of aromatic nitrogens is 2. The fourth-order valence-corrected chi connectivity index (χ4v) is 2.24. The van der Waals surface area contributed by atoms with E-state index in [4.69, 9.17) is 9.47 Å². The summed E-state index contributed by atoms with van der Waals surface area (Å²) in [5.74, 6) is 1.32. The zero-order valence-electron chi connectivity index (χ0n) is 12.7. The second-order valence-electron chi connectivity index (χ2n) is 5.37. The molecule has 0 saturated carbocycles. The minimum Gasteiger partial charge on any atom is -0.486 e. The molecule has 1 aliphatic rings. The molecule has 1 aromatic carbocycles. The van der Waals surface area contributed by atoms with Gasteiger partial charge in [0.15, 0.2) is 17.3 Å². The van der Waals surface area contributed by atoms with Crippen molar-refractivity contribution in [2.45, 2.75) is 19.9 Å². The van der Waals surface area contributed by atoms with E-state index in [0.29, 0.717) is 30.3 Å². The van der Waals surface area contributed by atoms with Crippen LogP contribution in [0.2, 0.25) is 0 Å². The highest BCUT2D eigenvalue weighted by molar-refractivity contribution is 6.06. The SMILES string of the molecule is CC(C)n1cc(C(=O)/C=C\c2cccc3c2OCCO3)cn1. The minimum atomic E-state index is -0.0822. The van der Waals surface area contributed by atoms with Crippen LogP contribution in [0.3, 0.4) is 0 Å². The molecule has 0 spiro atoms.